The van der Waals surface area contributed by atoms with Crippen LogP contribution in [0.25, 0.3) is 0 Å². The van der Waals surface area contributed by atoms with Crippen LogP contribution in [0.3, 0.4) is 0 Å². The van der Waals surface area contributed by atoms with Gasteiger partial charge in [-0.3, -0.25) is 0 Å². The molecule has 0 aliphatic heterocycles. The van der Waals surface area contributed by atoms with Crippen LogP contribution in [0.4, 0.5) is 0 Å². The highest BCUT2D eigenvalue weighted by atomic mass is 14.0. The Morgan fingerprint density at radius 3 is 2.92 bits per heavy atom. The predicted molar refractivity (Wildman–Crippen MR) is 54.9 cm³/mol. The molecule has 1 aliphatic carbocycles. The minimum atomic E-state index is 1.01. The first-order valence-electron chi connectivity index (χ1n) is 4.21. The molecule has 0 aromatic heterocycles. The molecule has 0 unspecified atom stereocenters. The van der Waals surface area contributed by atoms with Crippen molar-refractivity contribution in [2.24, 2.45) is 0 Å². The Morgan fingerprint density at radius 2 is 2.25 bits per heavy atom. The standard InChI is InChI=1S/C12H14/c1-3-8-12-10-7-5-6-9-11(12)4-2/h3-6,8-10H,2,7H2,1H3/b8-3-. The first kappa shape index (κ1) is 8.79. The molecule has 1 aliphatic rings. The van der Waals surface area contributed by atoms with E-state index in [0.29, 0.717) is 0 Å². The smallest absolute Gasteiger partial charge is 0.0157 e. The molecule has 0 saturated carbocycles. The lowest BCUT2D eigenvalue weighted by molar-refractivity contribution is 1.37. The molecular weight excluding hydrogens is 144 g/mol. The van der Waals surface area contributed by atoms with Crippen molar-refractivity contribution in [1.29, 1.82) is 0 Å². The van der Waals surface area contributed by atoms with E-state index in [4.69, 9.17) is 0 Å². The molecule has 0 aromatic rings. The van der Waals surface area contributed by atoms with Gasteiger partial charge in [0.05, 0.1) is 0 Å². The fourth-order valence-corrected chi connectivity index (χ4v) is 1.19. The Kier molecular flexibility index (Phi) is 3.34. The minimum Gasteiger partial charge on any atom is -0.0984 e. The molecule has 0 saturated heterocycles. The summed E-state index contributed by atoms with van der Waals surface area (Å²) in [5.41, 5.74) is 2.46. The summed E-state index contributed by atoms with van der Waals surface area (Å²) < 4.78 is 0. The Labute approximate surface area is 74.3 Å². The molecule has 0 aromatic carbocycles. The van der Waals surface area contributed by atoms with Crippen LogP contribution < -0.4 is 0 Å². The van der Waals surface area contributed by atoms with Crippen LogP contribution in [0.15, 0.2) is 60.3 Å². The third kappa shape index (κ3) is 2.09. The van der Waals surface area contributed by atoms with Gasteiger partial charge in [0.1, 0.15) is 0 Å². The second-order valence-corrected chi connectivity index (χ2v) is 2.65. The summed E-state index contributed by atoms with van der Waals surface area (Å²) in [6, 6.07) is 0. The van der Waals surface area contributed by atoms with Gasteiger partial charge in [-0.2, -0.15) is 0 Å². The first-order valence-corrected chi connectivity index (χ1v) is 4.21. The van der Waals surface area contributed by atoms with Gasteiger partial charge in [0.15, 0.2) is 0 Å². The zero-order valence-corrected chi connectivity index (χ0v) is 7.46. The normalized spacial score (nSPS) is 17.1. The van der Waals surface area contributed by atoms with Gasteiger partial charge in [0.25, 0.3) is 0 Å². The summed E-state index contributed by atoms with van der Waals surface area (Å²) in [7, 11) is 0. The lowest BCUT2D eigenvalue weighted by atomic mass is 10.1. The summed E-state index contributed by atoms with van der Waals surface area (Å²) in [5, 5.41) is 0. The number of rotatable bonds is 2. The maximum Gasteiger partial charge on any atom is -0.0157 e. The number of hydrogen-bond donors (Lipinski definition) is 0. The topological polar surface area (TPSA) is 0 Å². The van der Waals surface area contributed by atoms with Gasteiger partial charge in [-0.05, 0) is 24.5 Å². The average molecular weight is 158 g/mol. The molecule has 1 rings (SSSR count). The van der Waals surface area contributed by atoms with Crippen molar-refractivity contribution in [3.63, 3.8) is 0 Å². The Bertz CT molecular complexity index is 272. The highest BCUT2D eigenvalue weighted by molar-refractivity contribution is 5.48. The molecule has 0 atom stereocenters. The average Bonchev–Trinajstić information content (AvgIpc) is 2.30. The van der Waals surface area contributed by atoms with E-state index in [-0.39, 0.29) is 0 Å². The predicted octanol–water partition coefficient (Wildman–Crippen LogP) is 3.56. The van der Waals surface area contributed by atoms with Crippen LogP contribution in [-0.2, 0) is 0 Å². The highest BCUT2D eigenvalue weighted by Crippen LogP contribution is 2.16. The molecule has 0 heteroatoms. The van der Waals surface area contributed by atoms with Gasteiger partial charge in [0.2, 0.25) is 0 Å². The fourth-order valence-electron chi connectivity index (χ4n) is 1.19. The van der Waals surface area contributed by atoms with E-state index in [0.717, 1.165) is 6.42 Å². The van der Waals surface area contributed by atoms with Crippen LogP contribution in [0.1, 0.15) is 13.3 Å². The summed E-state index contributed by atoms with van der Waals surface area (Å²) in [4.78, 5) is 0. The Balaban J connectivity index is 2.96. The summed E-state index contributed by atoms with van der Waals surface area (Å²) in [5.74, 6) is 0. The summed E-state index contributed by atoms with van der Waals surface area (Å²) in [6.07, 6.45) is 15.6. The first-order chi connectivity index (χ1) is 5.88. The summed E-state index contributed by atoms with van der Waals surface area (Å²) in [6.45, 7) is 5.81. The van der Waals surface area contributed by atoms with Crippen molar-refractivity contribution < 1.29 is 0 Å². The highest BCUT2D eigenvalue weighted by Gasteiger charge is 1.97. The van der Waals surface area contributed by atoms with Gasteiger partial charge >= 0.3 is 0 Å². The molecule has 0 radical (unpaired) electrons. The monoisotopic (exact) mass is 158 g/mol. The molecule has 0 nitrogen and oxygen atoms in total. The quantitative estimate of drug-likeness (QED) is 0.576. The number of hydrogen-bond acceptors (Lipinski definition) is 0. The maximum absolute atomic E-state index is 3.78. The molecule has 0 fully saturated rings. The van der Waals surface area contributed by atoms with Crippen LogP contribution in [-0.4, -0.2) is 0 Å². The van der Waals surface area contributed by atoms with Crippen molar-refractivity contribution in [1.82, 2.24) is 0 Å². The van der Waals surface area contributed by atoms with E-state index in [9.17, 15) is 0 Å². The molecule has 0 N–H and O–H groups in total. The third-order valence-corrected chi connectivity index (χ3v) is 1.79. The van der Waals surface area contributed by atoms with Crippen molar-refractivity contribution in [3.05, 3.63) is 60.3 Å². The lowest BCUT2D eigenvalue weighted by Crippen LogP contribution is -1.80. The molecule has 0 amide bonds. The van der Waals surface area contributed by atoms with Crippen LogP contribution >= 0.6 is 0 Å². The zero-order valence-electron chi connectivity index (χ0n) is 7.46. The van der Waals surface area contributed by atoms with Gasteiger partial charge in [-0.1, -0.05) is 49.1 Å². The Hall–Kier alpha value is -1.30. The van der Waals surface area contributed by atoms with E-state index in [2.05, 4.69) is 43.0 Å². The molecule has 62 valence electrons. The molecule has 0 spiro atoms. The van der Waals surface area contributed by atoms with Crippen molar-refractivity contribution in [2.75, 3.05) is 0 Å². The molecule has 0 bridgehead atoms. The van der Waals surface area contributed by atoms with E-state index in [1.54, 1.807) is 0 Å². The van der Waals surface area contributed by atoms with Crippen LogP contribution in [0.2, 0.25) is 0 Å². The second-order valence-electron chi connectivity index (χ2n) is 2.65. The van der Waals surface area contributed by atoms with Crippen LogP contribution in [0, 0.1) is 0 Å². The molecular formula is C12H14. The maximum atomic E-state index is 3.78. The summed E-state index contributed by atoms with van der Waals surface area (Å²) >= 11 is 0. The lowest BCUT2D eigenvalue weighted by Gasteiger charge is -1.99. The Morgan fingerprint density at radius 1 is 1.42 bits per heavy atom. The van der Waals surface area contributed by atoms with Gasteiger partial charge in [-0.25, -0.2) is 0 Å². The fraction of sp³-hybridized carbons (Fsp3) is 0.167. The van der Waals surface area contributed by atoms with Crippen molar-refractivity contribution in [2.45, 2.75) is 13.3 Å². The third-order valence-electron chi connectivity index (χ3n) is 1.79. The SMILES string of the molecule is C=CC1=CC=CCC=C1/C=C\C. The largest absolute Gasteiger partial charge is 0.0984 e. The van der Waals surface area contributed by atoms with E-state index >= 15 is 0 Å². The zero-order chi connectivity index (χ0) is 8.81. The molecule has 0 heterocycles. The van der Waals surface area contributed by atoms with Crippen molar-refractivity contribution >= 4 is 0 Å². The van der Waals surface area contributed by atoms with Gasteiger partial charge in [-0.15, -0.1) is 0 Å². The van der Waals surface area contributed by atoms with E-state index < -0.39 is 0 Å². The van der Waals surface area contributed by atoms with E-state index in [1.807, 2.05) is 13.0 Å². The van der Waals surface area contributed by atoms with Gasteiger partial charge < -0.3 is 0 Å². The van der Waals surface area contributed by atoms with Crippen molar-refractivity contribution in [3.8, 4) is 0 Å². The second kappa shape index (κ2) is 4.55. The number of allylic oxidation sites excluding steroid dienone is 9. The minimum absolute atomic E-state index is 1.01. The van der Waals surface area contributed by atoms with Gasteiger partial charge in [0, 0.05) is 0 Å². The van der Waals surface area contributed by atoms with E-state index in [1.165, 1.54) is 11.1 Å². The van der Waals surface area contributed by atoms with Crippen LogP contribution in [0.5, 0.6) is 0 Å². The molecule has 12 heavy (non-hydrogen) atoms.